The van der Waals surface area contributed by atoms with Crippen molar-refractivity contribution in [2.45, 2.75) is 61.5 Å². The zero-order chi connectivity index (χ0) is 20.5. The van der Waals surface area contributed by atoms with Crippen LogP contribution in [0.15, 0.2) is 45.4 Å². The second-order valence-corrected chi connectivity index (χ2v) is 10.6. The van der Waals surface area contributed by atoms with Crippen LogP contribution in [0, 0.1) is 5.92 Å². The molecule has 2 aliphatic rings. The van der Waals surface area contributed by atoms with E-state index in [0.717, 1.165) is 25.7 Å². The van der Waals surface area contributed by atoms with Crippen molar-refractivity contribution in [2.75, 3.05) is 5.32 Å². The molecular weight excluding hydrogens is 398 g/mol. The number of anilines is 1. The van der Waals surface area contributed by atoms with Gasteiger partial charge in [-0.1, -0.05) is 23.7 Å². The van der Waals surface area contributed by atoms with Crippen molar-refractivity contribution in [3.8, 4) is 0 Å². The summed E-state index contributed by atoms with van der Waals surface area (Å²) in [5, 5.41) is 5.99. The van der Waals surface area contributed by atoms with E-state index in [0.29, 0.717) is 16.6 Å². The van der Waals surface area contributed by atoms with E-state index in [1.165, 1.54) is 0 Å². The lowest BCUT2D eigenvalue weighted by atomic mass is 9.82. The van der Waals surface area contributed by atoms with E-state index < -0.39 is 20.9 Å². The van der Waals surface area contributed by atoms with Crippen LogP contribution in [-0.4, -0.2) is 31.3 Å². The van der Waals surface area contributed by atoms with Crippen LogP contribution in [0.2, 0.25) is 0 Å². The Morgan fingerprint density at radius 2 is 1.89 bits per heavy atom. The average Bonchev–Trinajstić information content (AvgIpc) is 2.65. The minimum Gasteiger partial charge on any atom is -0.354 e. The Morgan fingerprint density at radius 1 is 1.25 bits per heavy atom. The molecule has 1 aromatic carbocycles. The van der Waals surface area contributed by atoms with E-state index in [4.69, 9.17) is 23.1 Å². The predicted octanol–water partition coefficient (Wildman–Crippen LogP) is 2.49. The molecule has 1 heterocycles. The molecule has 0 radical (unpaired) electrons. The largest absolute Gasteiger partial charge is 0.354 e. The average molecular weight is 426 g/mol. The fraction of sp³-hybridized carbons (Fsp3) is 0.526. The standard InChI is InChI=1S/C19H28ClN5O2S/c1-12(2)28(26,27)17-6-4-3-5-16(17)24-18-15(20)11-23-19(22,25-18)13-7-9-14(21)10-8-13/h3-6,11-14,23H,7-10,21-22H2,1-2H3,(H,24,25)/t13-,14-,19?. The molecule has 1 saturated carbocycles. The van der Waals surface area contributed by atoms with Crippen molar-refractivity contribution in [1.82, 2.24) is 5.32 Å². The number of benzene rings is 1. The smallest absolute Gasteiger partial charge is 0.187 e. The first kappa shape index (κ1) is 21.1. The Bertz CT molecular complexity index is 891. The van der Waals surface area contributed by atoms with Crippen LogP contribution in [0.4, 0.5) is 5.69 Å². The molecule has 1 aliphatic heterocycles. The van der Waals surface area contributed by atoms with Crippen molar-refractivity contribution in [3.63, 3.8) is 0 Å². The van der Waals surface area contributed by atoms with Crippen molar-refractivity contribution < 1.29 is 8.42 Å². The number of aliphatic imine (C=N–C) groups is 1. The molecule has 1 aromatic rings. The number of nitrogens with zero attached hydrogens (tertiary/aromatic N) is 1. The molecule has 1 aliphatic carbocycles. The van der Waals surface area contributed by atoms with Crippen molar-refractivity contribution in [1.29, 1.82) is 0 Å². The second kappa shape index (κ2) is 8.02. The SMILES string of the molecule is CC(C)S(=O)(=O)c1ccccc1NC1=NC(N)([C@H]2CC[C@H](N)CC2)NC=C1Cl. The molecule has 1 unspecified atom stereocenters. The van der Waals surface area contributed by atoms with E-state index in [1.807, 2.05) is 0 Å². The van der Waals surface area contributed by atoms with Crippen LogP contribution < -0.4 is 22.1 Å². The van der Waals surface area contributed by atoms with Gasteiger partial charge in [-0.15, -0.1) is 0 Å². The molecule has 0 aromatic heterocycles. The highest BCUT2D eigenvalue weighted by molar-refractivity contribution is 7.92. The zero-order valence-corrected chi connectivity index (χ0v) is 17.7. The highest BCUT2D eigenvalue weighted by Crippen LogP contribution is 2.33. The van der Waals surface area contributed by atoms with Gasteiger partial charge in [-0.2, -0.15) is 0 Å². The van der Waals surface area contributed by atoms with Crippen LogP contribution in [0.1, 0.15) is 39.5 Å². The predicted molar refractivity (Wildman–Crippen MR) is 114 cm³/mol. The molecule has 9 heteroatoms. The number of para-hydroxylation sites is 1. The Kier molecular flexibility index (Phi) is 6.05. The maximum atomic E-state index is 12.7. The van der Waals surface area contributed by atoms with Gasteiger partial charge in [0.25, 0.3) is 0 Å². The molecule has 154 valence electrons. The summed E-state index contributed by atoms with van der Waals surface area (Å²) in [6.07, 6.45) is 5.15. The lowest BCUT2D eigenvalue weighted by Gasteiger charge is -2.40. The molecule has 0 bridgehead atoms. The quantitative estimate of drug-likeness (QED) is 0.587. The molecule has 28 heavy (non-hydrogen) atoms. The Balaban J connectivity index is 1.91. The maximum absolute atomic E-state index is 12.7. The number of rotatable bonds is 4. The molecule has 0 amide bonds. The van der Waals surface area contributed by atoms with Gasteiger partial charge in [-0.3, -0.25) is 5.73 Å². The van der Waals surface area contributed by atoms with Crippen molar-refractivity contribution >= 4 is 33.0 Å². The Hall–Kier alpha value is -1.61. The number of nitrogens with two attached hydrogens (primary N) is 2. The first-order valence-electron chi connectivity index (χ1n) is 9.51. The minimum atomic E-state index is -3.47. The normalized spacial score (nSPS) is 28.4. The van der Waals surface area contributed by atoms with Gasteiger partial charge in [0.1, 0.15) is 5.84 Å². The molecule has 7 nitrogen and oxygen atoms in total. The van der Waals surface area contributed by atoms with E-state index >= 15 is 0 Å². The molecule has 1 atom stereocenters. The van der Waals surface area contributed by atoms with Crippen molar-refractivity contribution in [2.24, 2.45) is 22.4 Å². The Labute approximate surface area is 171 Å². The van der Waals surface area contributed by atoms with Gasteiger partial charge in [-0.05, 0) is 51.7 Å². The number of sulfone groups is 1. The molecular formula is C19H28ClN5O2S. The zero-order valence-electron chi connectivity index (χ0n) is 16.2. The summed E-state index contributed by atoms with van der Waals surface area (Å²) < 4.78 is 25.4. The van der Waals surface area contributed by atoms with Gasteiger partial charge in [0.2, 0.25) is 0 Å². The van der Waals surface area contributed by atoms with Gasteiger partial charge in [0.15, 0.2) is 15.6 Å². The summed E-state index contributed by atoms with van der Waals surface area (Å²) in [5.74, 6) is -0.545. The maximum Gasteiger partial charge on any atom is 0.187 e. The van der Waals surface area contributed by atoms with Gasteiger partial charge in [0, 0.05) is 18.2 Å². The van der Waals surface area contributed by atoms with Crippen LogP contribution in [0.3, 0.4) is 0 Å². The lowest BCUT2D eigenvalue weighted by molar-refractivity contribution is 0.179. The number of hydrogen-bond acceptors (Lipinski definition) is 7. The highest BCUT2D eigenvalue weighted by Gasteiger charge is 2.39. The van der Waals surface area contributed by atoms with E-state index in [1.54, 1.807) is 44.3 Å². The lowest BCUT2D eigenvalue weighted by Crippen LogP contribution is -2.59. The van der Waals surface area contributed by atoms with E-state index in [2.05, 4.69) is 15.6 Å². The van der Waals surface area contributed by atoms with Crippen LogP contribution in [0.25, 0.3) is 0 Å². The first-order valence-corrected chi connectivity index (χ1v) is 11.4. The first-order chi connectivity index (χ1) is 13.1. The summed E-state index contributed by atoms with van der Waals surface area (Å²) in [6, 6.07) is 6.94. The van der Waals surface area contributed by atoms with E-state index in [9.17, 15) is 8.42 Å². The monoisotopic (exact) mass is 425 g/mol. The molecule has 0 spiro atoms. The number of amidine groups is 1. The summed E-state index contributed by atoms with van der Waals surface area (Å²) in [5.41, 5.74) is 13.0. The van der Waals surface area contributed by atoms with Gasteiger partial charge < -0.3 is 16.4 Å². The minimum absolute atomic E-state index is 0.111. The number of halogens is 1. The molecule has 3 rings (SSSR count). The highest BCUT2D eigenvalue weighted by atomic mass is 35.5. The summed E-state index contributed by atoms with van der Waals surface area (Å²) in [4.78, 5) is 4.85. The third-order valence-corrected chi connectivity index (χ3v) is 7.91. The van der Waals surface area contributed by atoms with Gasteiger partial charge >= 0.3 is 0 Å². The summed E-state index contributed by atoms with van der Waals surface area (Å²) in [6.45, 7) is 3.31. The van der Waals surface area contributed by atoms with Gasteiger partial charge in [0.05, 0.1) is 20.9 Å². The van der Waals surface area contributed by atoms with Crippen LogP contribution >= 0.6 is 11.6 Å². The third-order valence-electron chi connectivity index (χ3n) is 5.41. The number of hydrogen-bond donors (Lipinski definition) is 4. The topological polar surface area (TPSA) is 123 Å². The second-order valence-electron chi connectivity index (χ2n) is 7.75. The number of nitrogens with one attached hydrogen (secondary N) is 2. The Morgan fingerprint density at radius 3 is 2.54 bits per heavy atom. The van der Waals surface area contributed by atoms with E-state index in [-0.39, 0.29) is 16.9 Å². The fourth-order valence-electron chi connectivity index (χ4n) is 3.57. The summed E-state index contributed by atoms with van der Waals surface area (Å²) >= 11 is 6.33. The van der Waals surface area contributed by atoms with Crippen molar-refractivity contribution in [3.05, 3.63) is 35.5 Å². The van der Waals surface area contributed by atoms with Gasteiger partial charge in [-0.25, -0.2) is 13.4 Å². The third kappa shape index (κ3) is 4.20. The fourth-order valence-corrected chi connectivity index (χ4v) is 4.92. The molecule has 0 saturated heterocycles. The van der Waals surface area contributed by atoms with Crippen LogP contribution in [0.5, 0.6) is 0 Å². The molecule has 1 fully saturated rings. The molecule has 6 N–H and O–H groups in total. The van der Waals surface area contributed by atoms with Crippen LogP contribution in [-0.2, 0) is 9.84 Å². The summed E-state index contributed by atoms with van der Waals surface area (Å²) in [7, 11) is -3.47.